The largest absolute Gasteiger partial charge is 0.465 e. The first-order valence-corrected chi connectivity index (χ1v) is 9.31. The second-order valence-electron chi connectivity index (χ2n) is 6.18. The SMILES string of the molecule is CCCCCCCCOC(=O)C(CC)C(CC)C(=O)CCC. The molecule has 2 atom stereocenters. The van der Waals surface area contributed by atoms with E-state index >= 15 is 0 Å². The van der Waals surface area contributed by atoms with Crippen LogP contribution in [0.15, 0.2) is 0 Å². The number of ether oxygens (including phenoxy) is 1. The minimum absolute atomic E-state index is 0.165. The monoisotopic (exact) mass is 312 g/mol. The predicted octanol–water partition coefficient (Wildman–Crippen LogP) is 5.31. The molecule has 0 aromatic rings. The van der Waals surface area contributed by atoms with E-state index in [1.54, 1.807) is 0 Å². The van der Waals surface area contributed by atoms with Crippen LogP contribution in [-0.4, -0.2) is 18.4 Å². The minimum atomic E-state index is -0.260. The number of unbranched alkanes of at least 4 members (excludes halogenated alkanes) is 5. The van der Waals surface area contributed by atoms with Crippen molar-refractivity contribution in [1.29, 1.82) is 0 Å². The van der Waals surface area contributed by atoms with Crippen molar-refractivity contribution in [1.82, 2.24) is 0 Å². The molecule has 2 unspecified atom stereocenters. The summed E-state index contributed by atoms with van der Waals surface area (Å²) < 4.78 is 5.42. The van der Waals surface area contributed by atoms with Crippen LogP contribution in [0.3, 0.4) is 0 Å². The number of ketones is 1. The van der Waals surface area contributed by atoms with Gasteiger partial charge >= 0.3 is 5.97 Å². The molecule has 0 aliphatic heterocycles. The van der Waals surface area contributed by atoms with Crippen molar-refractivity contribution in [2.45, 2.75) is 91.9 Å². The fraction of sp³-hybridized carbons (Fsp3) is 0.895. The number of hydrogen-bond donors (Lipinski definition) is 0. The molecule has 0 rings (SSSR count). The smallest absolute Gasteiger partial charge is 0.309 e. The van der Waals surface area contributed by atoms with Gasteiger partial charge in [-0.25, -0.2) is 0 Å². The minimum Gasteiger partial charge on any atom is -0.465 e. The maximum atomic E-state index is 12.2. The molecule has 0 N–H and O–H groups in total. The molecule has 0 radical (unpaired) electrons. The lowest BCUT2D eigenvalue weighted by Gasteiger charge is -2.22. The van der Waals surface area contributed by atoms with Gasteiger partial charge in [-0.05, 0) is 25.7 Å². The molecule has 0 saturated heterocycles. The Hall–Kier alpha value is -0.860. The lowest BCUT2D eigenvalue weighted by Crippen LogP contribution is -2.30. The summed E-state index contributed by atoms with van der Waals surface area (Å²) in [5, 5.41) is 0. The highest BCUT2D eigenvalue weighted by atomic mass is 16.5. The number of Topliss-reactive ketones (excluding diaryl/α,β-unsaturated/α-hetero) is 1. The zero-order chi connectivity index (χ0) is 16.8. The standard InChI is InChI=1S/C19H36O3/c1-5-9-10-11-12-13-15-22-19(21)17(8-4)16(7-3)18(20)14-6-2/h16-17H,5-15H2,1-4H3. The third-order valence-electron chi connectivity index (χ3n) is 4.32. The Morgan fingerprint density at radius 1 is 0.773 bits per heavy atom. The van der Waals surface area contributed by atoms with Gasteiger partial charge in [0.25, 0.3) is 0 Å². The summed E-state index contributed by atoms with van der Waals surface area (Å²) in [4.78, 5) is 24.4. The maximum absolute atomic E-state index is 12.2. The van der Waals surface area contributed by atoms with E-state index in [2.05, 4.69) is 6.92 Å². The summed E-state index contributed by atoms with van der Waals surface area (Å²) in [6, 6.07) is 0. The lowest BCUT2D eigenvalue weighted by molar-refractivity contribution is -0.153. The van der Waals surface area contributed by atoms with Crippen molar-refractivity contribution in [3.63, 3.8) is 0 Å². The van der Waals surface area contributed by atoms with Crippen LogP contribution in [0.2, 0.25) is 0 Å². The Labute approximate surface area is 137 Å². The molecule has 0 fully saturated rings. The highest BCUT2D eigenvalue weighted by Gasteiger charge is 2.31. The third-order valence-corrected chi connectivity index (χ3v) is 4.32. The summed E-state index contributed by atoms with van der Waals surface area (Å²) in [6.45, 7) is 8.67. The summed E-state index contributed by atoms with van der Waals surface area (Å²) in [5.74, 6) is -0.383. The summed E-state index contributed by atoms with van der Waals surface area (Å²) in [5.41, 5.74) is 0. The first-order valence-electron chi connectivity index (χ1n) is 9.31. The molecular formula is C19H36O3. The van der Waals surface area contributed by atoms with Crippen LogP contribution in [0.1, 0.15) is 91.9 Å². The fourth-order valence-corrected chi connectivity index (χ4v) is 2.95. The van der Waals surface area contributed by atoms with Crippen molar-refractivity contribution in [2.24, 2.45) is 11.8 Å². The van der Waals surface area contributed by atoms with Gasteiger partial charge in [0.1, 0.15) is 5.78 Å². The fourth-order valence-electron chi connectivity index (χ4n) is 2.95. The Balaban J connectivity index is 4.14. The molecule has 3 heteroatoms. The normalized spacial score (nSPS) is 13.6. The van der Waals surface area contributed by atoms with E-state index in [0.717, 1.165) is 25.7 Å². The Morgan fingerprint density at radius 3 is 1.91 bits per heavy atom. The van der Waals surface area contributed by atoms with Gasteiger partial charge in [-0.15, -0.1) is 0 Å². The molecule has 3 nitrogen and oxygen atoms in total. The Kier molecular flexibility index (Phi) is 13.2. The number of esters is 1. The highest BCUT2D eigenvalue weighted by Crippen LogP contribution is 2.24. The Morgan fingerprint density at radius 2 is 1.36 bits per heavy atom. The molecule has 22 heavy (non-hydrogen) atoms. The van der Waals surface area contributed by atoms with E-state index in [-0.39, 0.29) is 23.6 Å². The van der Waals surface area contributed by atoms with E-state index in [0.29, 0.717) is 19.4 Å². The van der Waals surface area contributed by atoms with Gasteiger partial charge in [0.05, 0.1) is 12.5 Å². The average molecular weight is 312 g/mol. The average Bonchev–Trinajstić information content (AvgIpc) is 2.51. The van der Waals surface area contributed by atoms with E-state index in [4.69, 9.17) is 4.74 Å². The predicted molar refractivity (Wildman–Crippen MR) is 91.8 cm³/mol. The topological polar surface area (TPSA) is 43.4 Å². The van der Waals surface area contributed by atoms with Crippen molar-refractivity contribution >= 4 is 11.8 Å². The van der Waals surface area contributed by atoms with Gasteiger partial charge in [-0.2, -0.15) is 0 Å². The molecule has 0 aliphatic carbocycles. The van der Waals surface area contributed by atoms with E-state index in [1.165, 1.54) is 25.7 Å². The first-order chi connectivity index (χ1) is 10.6. The van der Waals surface area contributed by atoms with Gasteiger partial charge < -0.3 is 4.74 Å². The molecule has 0 bridgehead atoms. The van der Waals surface area contributed by atoms with Gasteiger partial charge in [-0.3, -0.25) is 9.59 Å². The van der Waals surface area contributed by atoms with Crippen molar-refractivity contribution < 1.29 is 14.3 Å². The molecule has 130 valence electrons. The summed E-state index contributed by atoms with van der Waals surface area (Å²) in [7, 11) is 0. The zero-order valence-corrected chi connectivity index (χ0v) is 15.2. The summed E-state index contributed by atoms with van der Waals surface area (Å²) in [6.07, 6.45) is 9.90. The van der Waals surface area contributed by atoms with Gasteiger partial charge in [0.15, 0.2) is 0 Å². The first kappa shape index (κ1) is 21.1. The van der Waals surface area contributed by atoms with E-state index in [1.807, 2.05) is 20.8 Å². The van der Waals surface area contributed by atoms with Gasteiger partial charge in [-0.1, -0.05) is 59.8 Å². The number of carbonyl (C=O) groups excluding carboxylic acids is 2. The van der Waals surface area contributed by atoms with Crippen molar-refractivity contribution in [3.8, 4) is 0 Å². The Bertz CT molecular complexity index is 299. The van der Waals surface area contributed by atoms with Gasteiger partial charge in [0.2, 0.25) is 0 Å². The highest BCUT2D eigenvalue weighted by molar-refractivity contribution is 5.86. The van der Waals surface area contributed by atoms with Crippen LogP contribution < -0.4 is 0 Å². The van der Waals surface area contributed by atoms with Crippen molar-refractivity contribution in [3.05, 3.63) is 0 Å². The summed E-state index contributed by atoms with van der Waals surface area (Å²) >= 11 is 0. The number of hydrogen-bond acceptors (Lipinski definition) is 3. The van der Waals surface area contributed by atoms with Crippen LogP contribution in [0.4, 0.5) is 0 Å². The molecule has 0 aromatic carbocycles. The molecule has 0 aliphatic rings. The van der Waals surface area contributed by atoms with Crippen LogP contribution in [0.5, 0.6) is 0 Å². The van der Waals surface area contributed by atoms with Crippen molar-refractivity contribution in [2.75, 3.05) is 6.61 Å². The molecular weight excluding hydrogens is 276 g/mol. The van der Waals surface area contributed by atoms with E-state index in [9.17, 15) is 9.59 Å². The molecule has 0 heterocycles. The van der Waals surface area contributed by atoms with Crippen LogP contribution in [0, 0.1) is 11.8 Å². The quantitative estimate of drug-likeness (QED) is 0.322. The van der Waals surface area contributed by atoms with E-state index < -0.39 is 0 Å². The molecule has 0 saturated carbocycles. The second-order valence-corrected chi connectivity index (χ2v) is 6.18. The third kappa shape index (κ3) is 8.55. The van der Waals surface area contributed by atoms with Gasteiger partial charge in [0, 0.05) is 12.3 Å². The van der Waals surface area contributed by atoms with Crippen LogP contribution in [-0.2, 0) is 14.3 Å². The second kappa shape index (κ2) is 13.8. The zero-order valence-electron chi connectivity index (χ0n) is 15.2. The molecule has 0 amide bonds. The number of carbonyl (C=O) groups is 2. The lowest BCUT2D eigenvalue weighted by atomic mass is 9.83. The molecule has 0 aromatic heterocycles. The maximum Gasteiger partial charge on any atom is 0.309 e. The van der Waals surface area contributed by atoms with Crippen LogP contribution >= 0.6 is 0 Å². The van der Waals surface area contributed by atoms with Crippen LogP contribution in [0.25, 0.3) is 0 Å². The number of rotatable bonds is 14. The molecule has 0 spiro atoms.